The molecular formula is C22H18O4. The first-order valence-electron chi connectivity index (χ1n) is 8.18. The molecule has 0 spiro atoms. The first-order valence-corrected chi connectivity index (χ1v) is 8.18. The zero-order chi connectivity index (χ0) is 18.7. The molecule has 1 aromatic heterocycles. The molecule has 0 aliphatic heterocycles. The average molecular weight is 346 g/mol. The SMILES string of the molecule is C=CCc1c(/C=C/c2ccc(C)cc2)oc2ccc(C(=O)O)cc2c1=O. The summed E-state index contributed by atoms with van der Waals surface area (Å²) in [6.07, 6.45) is 5.60. The highest BCUT2D eigenvalue weighted by molar-refractivity contribution is 5.93. The number of allylic oxidation sites excluding steroid dienone is 1. The van der Waals surface area contributed by atoms with Crippen molar-refractivity contribution in [3.63, 3.8) is 0 Å². The van der Waals surface area contributed by atoms with Crippen LogP contribution in [0.15, 0.2) is 64.3 Å². The van der Waals surface area contributed by atoms with Crippen molar-refractivity contribution in [1.82, 2.24) is 0 Å². The predicted molar refractivity (Wildman–Crippen MR) is 103 cm³/mol. The molecule has 0 atom stereocenters. The van der Waals surface area contributed by atoms with Crippen molar-refractivity contribution < 1.29 is 14.3 Å². The van der Waals surface area contributed by atoms with E-state index < -0.39 is 5.97 Å². The number of aryl methyl sites for hydroxylation is 1. The molecule has 0 aliphatic rings. The average Bonchev–Trinajstić information content (AvgIpc) is 2.63. The van der Waals surface area contributed by atoms with Crippen molar-refractivity contribution in [1.29, 1.82) is 0 Å². The first kappa shape index (κ1) is 17.4. The van der Waals surface area contributed by atoms with E-state index in [2.05, 4.69) is 6.58 Å². The maximum Gasteiger partial charge on any atom is 0.335 e. The molecule has 0 saturated heterocycles. The lowest BCUT2D eigenvalue weighted by Crippen LogP contribution is -2.11. The van der Waals surface area contributed by atoms with Gasteiger partial charge in [0.05, 0.1) is 10.9 Å². The molecule has 0 unspecified atom stereocenters. The fourth-order valence-corrected chi connectivity index (χ4v) is 2.71. The summed E-state index contributed by atoms with van der Waals surface area (Å²) >= 11 is 0. The third kappa shape index (κ3) is 3.49. The van der Waals surface area contributed by atoms with Gasteiger partial charge in [-0.1, -0.05) is 42.0 Å². The summed E-state index contributed by atoms with van der Waals surface area (Å²) in [5.41, 5.74) is 2.79. The van der Waals surface area contributed by atoms with Gasteiger partial charge in [0.25, 0.3) is 0 Å². The molecule has 0 amide bonds. The van der Waals surface area contributed by atoms with Crippen LogP contribution >= 0.6 is 0 Å². The van der Waals surface area contributed by atoms with Gasteiger partial charge in [-0.15, -0.1) is 6.58 Å². The van der Waals surface area contributed by atoms with Crippen molar-refractivity contribution in [2.75, 3.05) is 0 Å². The van der Waals surface area contributed by atoms with E-state index in [4.69, 9.17) is 9.52 Å². The third-order valence-corrected chi connectivity index (χ3v) is 4.12. The second-order valence-electron chi connectivity index (χ2n) is 6.03. The van der Waals surface area contributed by atoms with E-state index >= 15 is 0 Å². The zero-order valence-corrected chi connectivity index (χ0v) is 14.4. The molecule has 4 heteroatoms. The molecule has 0 saturated carbocycles. The number of hydrogen-bond donors (Lipinski definition) is 1. The van der Waals surface area contributed by atoms with Crippen LogP contribution in [0.5, 0.6) is 0 Å². The molecule has 130 valence electrons. The van der Waals surface area contributed by atoms with Gasteiger partial charge in [0.1, 0.15) is 11.3 Å². The van der Waals surface area contributed by atoms with E-state index in [9.17, 15) is 9.59 Å². The van der Waals surface area contributed by atoms with E-state index in [0.29, 0.717) is 23.3 Å². The highest BCUT2D eigenvalue weighted by Gasteiger charge is 2.14. The van der Waals surface area contributed by atoms with Crippen LogP contribution in [-0.2, 0) is 6.42 Å². The predicted octanol–water partition coefficient (Wildman–Crippen LogP) is 4.70. The molecule has 0 bridgehead atoms. The van der Waals surface area contributed by atoms with Gasteiger partial charge in [-0.05, 0) is 43.2 Å². The number of hydrogen-bond acceptors (Lipinski definition) is 3. The molecule has 4 nitrogen and oxygen atoms in total. The summed E-state index contributed by atoms with van der Waals surface area (Å²) in [7, 11) is 0. The molecule has 1 N–H and O–H groups in total. The summed E-state index contributed by atoms with van der Waals surface area (Å²) in [4.78, 5) is 24.0. The van der Waals surface area contributed by atoms with Crippen molar-refractivity contribution in [3.8, 4) is 0 Å². The van der Waals surface area contributed by atoms with E-state index in [1.54, 1.807) is 12.2 Å². The van der Waals surface area contributed by atoms with Crippen LogP contribution in [0.25, 0.3) is 23.1 Å². The Balaban J connectivity index is 2.14. The van der Waals surface area contributed by atoms with Crippen LogP contribution in [0.1, 0.15) is 32.8 Å². The molecule has 2 aromatic carbocycles. The van der Waals surface area contributed by atoms with E-state index in [1.165, 1.54) is 23.8 Å². The van der Waals surface area contributed by atoms with Gasteiger partial charge < -0.3 is 9.52 Å². The van der Waals surface area contributed by atoms with Crippen molar-refractivity contribution in [3.05, 3.63) is 93.4 Å². The fraction of sp³-hybridized carbons (Fsp3) is 0.0909. The van der Waals surface area contributed by atoms with Crippen LogP contribution in [0.3, 0.4) is 0 Å². The maximum atomic E-state index is 12.8. The van der Waals surface area contributed by atoms with Crippen LogP contribution in [0.2, 0.25) is 0 Å². The number of carboxylic acid groups (broad SMARTS) is 1. The monoisotopic (exact) mass is 346 g/mol. The molecule has 0 aliphatic carbocycles. The topological polar surface area (TPSA) is 67.5 Å². The lowest BCUT2D eigenvalue weighted by atomic mass is 10.0. The van der Waals surface area contributed by atoms with Gasteiger partial charge in [-0.2, -0.15) is 0 Å². The molecular weight excluding hydrogens is 328 g/mol. The Morgan fingerprint density at radius 1 is 1.15 bits per heavy atom. The quantitative estimate of drug-likeness (QED) is 0.680. The number of carboxylic acids is 1. The first-order chi connectivity index (χ1) is 12.5. The highest BCUT2D eigenvalue weighted by Crippen LogP contribution is 2.20. The number of aromatic carboxylic acids is 1. The summed E-state index contributed by atoms with van der Waals surface area (Å²) in [5.74, 6) is -0.633. The van der Waals surface area contributed by atoms with Crippen molar-refractivity contribution in [2.24, 2.45) is 0 Å². The van der Waals surface area contributed by atoms with Crippen LogP contribution in [0.4, 0.5) is 0 Å². The summed E-state index contributed by atoms with van der Waals surface area (Å²) in [6.45, 7) is 5.71. The number of carbonyl (C=O) groups is 1. The molecule has 0 fully saturated rings. The second-order valence-corrected chi connectivity index (χ2v) is 6.03. The number of benzene rings is 2. The normalized spacial score (nSPS) is 11.1. The molecule has 3 aromatic rings. The molecule has 1 heterocycles. The van der Waals surface area contributed by atoms with E-state index in [-0.39, 0.29) is 16.4 Å². The molecule has 26 heavy (non-hydrogen) atoms. The van der Waals surface area contributed by atoms with Crippen LogP contribution in [-0.4, -0.2) is 11.1 Å². The van der Waals surface area contributed by atoms with E-state index in [0.717, 1.165) is 5.56 Å². The molecule has 3 rings (SSSR count). The van der Waals surface area contributed by atoms with Crippen molar-refractivity contribution in [2.45, 2.75) is 13.3 Å². The minimum absolute atomic E-state index is 0.0531. The number of fused-ring (bicyclic) bond motifs is 1. The largest absolute Gasteiger partial charge is 0.478 e. The second kappa shape index (κ2) is 7.23. The van der Waals surface area contributed by atoms with E-state index in [1.807, 2.05) is 37.3 Å². The van der Waals surface area contributed by atoms with Gasteiger partial charge in [0.15, 0.2) is 5.43 Å². The Morgan fingerprint density at radius 3 is 2.54 bits per heavy atom. The standard InChI is InChI=1S/C22H18O4/c1-3-4-17-19(11-9-15-7-5-14(2)6-8-15)26-20-12-10-16(22(24)25)13-18(20)21(17)23/h3,5-13H,1,4H2,2H3,(H,24,25)/b11-9+. The van der Waals surface area contributed by atoms with Gasteiger partial charge in [0, 0.05) is 5.56 Å². The maximum absolute atomic E-state index is 12.8. The minimum Gasteiger partial charge on any atom is -0.478 e. The fourth-order valence-electron chi connectivity index (χ4n) is 2.71. The third-order valence-electron chi connectivity index (χ3n) is 4.12. The Morgan fingerprint density at radius 2 is 1.88 bits per heavy atom. The Hall–Kier alpha value is -3.40. The summed E-state index contributed by atoms with van der Waals surface area (Å²) in [5, 5.41) is 9.39. The van der Waals surface area contributed by atoms with Crippen LogP contribution in [0, 0.1) is 6.92 Å². The Labute approximate surface area is 150 Å². The van der Waals surface area contributed by atoms with Gasteiger partial charge in [-0.25, -0.2) is 4.79 Å². The van der Waals surface area contributed by atoms with Gasteiger partial charge >= 0.3 is 5.97 Å². The van der Waals surface area contributed by atoms with Gasteiger partial charge in [-0.3, -0.25) is 4.79 Å². The number of rotatable bonds is 5. The Bertz CT molecular complexity index is 1070. The van der Waals surface area contributed by atoms with Crippen LogP contribution < -0.4 is 5.43 Å². The lowest BCUT2D eigenvalue weighted by molar-refractivity contribution is 0.0697. The summed E-state index contributed by atoms with van der Waals surface area (Å²) < 4.78 is 5.88. The Kier molecular flexibility index (Phi) is 4.85. The van der Waals surface area contributed by atoms with Crippen molar-refractivity contribution >= 4 is 29.1 Å². The lowest BCUT2D eigenvalue weighted by Gasteiger charge is -2.06. The smallest absolute Gasteiger partial charge is 0.335 e. The zero-order valence-electron chi connectivity index (χ0n) is 14.4. The minimum atomic E-state index is -1.08. The van der Waals surface area contributed by atoms with Gasteiger partial charge in [0.2, 0.25) is 0 Å². The highest BCUT2D eigenvalue weighted by atomic mass is 16.4. The summed E-state index contributed by atoms with van der Waals surface area (Å²) in [6, 6.07) is 12.3. The molecule has 0 radical (unpaired) electrons.